The number of fused-ring (bicyclic) bond motifs is 1. The van der Waals surface area contributed by atoms with Gasteiger partial charge in [-0.3, -0.25) is 4.72 Å². The van der Waals surface area contributed by atoms with Crippen molar-refractivity contribution >= 4 is 10.0 Å². The molecule has 33 heavy (non-hydrogen) atoms. The molecular weight excluding hydrogens is 432 g/mol. The smallest absolute Gasteiger partial charge is 0.259 e. The molecule has 4 rings (SSSR count). The topological polar surface area (TPSA) is 58.6 Å². The van der Waals surface area contributed by atoms with Crippen LogP contribution in [-0.2, 0) is 14.8 Å². The quantitative estimate of drug-likeness (QED) is 0.583. The average molecular weight is 465 g/mol. The molecule has 0 bridgehead atoms. The van der Waals surface area contributed by atoms with Gasteiger partial charge in [0.25, 0.3) is 10.0 Å². The highest BCUT2D eigenvalue weighted by molar-refractivity contribution is 7.93. The molecule has 0 saturated carbocycles. The first-order valence-corrected chi connectivity index (χ1v) is 12.8. The third-order valence-electron chi connectivity index (χ3n) is 6.22. The van der Waals surface area contributed by atoms with Crippen LogP contribution < -0.4 is 4.72 Å². The fraction of sp³-hybridized carbons (Fsp3) is 0.333. The molecular formula is C27H32N2O3S. The Kier molecular flexibility index (Phi) is 6.39. The van der Waals surface area contributed by atoms with Crippen LogP contribution in [0.25, 0.3) is 0 Å². The van der Waals surface area contributed by atoms with Gasteiger partial charge in [0.05, 0.1) is 17.7 Å². The molecule has 0 aromatic heterocycles. The van der Waals surface area contributed by atoms with Gasteiger partial charge < -0.3 is 9.64 Å². The van der Waals surface area contributed by atoms with Gasteiger partial charge in [-0.1, -0.05) is 68.9 Å². The van der Waals surface area contributed by atoms with Crippen molar-refractivity contribution in [2.75, 3.05) is 13.7 Å². The summed E-state index contributed by atoms with van der Waals surface area (Å²) in [4.78, 5) is 2.36. The molecule has 2 aliphatic carbocycles. The molecule has 0 fully saturated rings. The van der Waals surface area contributed by atoms with E-state index in [2.05, 4.69) is 55.9 Å². The highest BCUT2D eigenvalue weighted by Crippen LogP contribution is 2.35. The van der Waals surface area contributed by atoms with Gasteiger partial charge in [0.1, 0.15) is 11.6 Å². The number of nitrogens with one attached hydrogen (secondary N) is 1. The van der Waals surface area contributed by atoms with Crippen molar-refractivity contribution in [3.05, 3.63) is 106 Å². The summed E-state index contributed by atoms with van der Waals surface area (Å²) in [6, 6.07) is 0. The normalized spacial score (nSPS) is 20.8. The van der Waals surface area contributed by atoms with Crippen molar-refractivity contribution in [3.8, 4) is 0 Å². The summed E-state index contributed by atoms with van der Waals surface area (Å²) in [7, 11) is -2.03. The number of allylic oxidation sites excluding steroid dienone is 14. The summed E-state index contributed by atoms with van der Waals surface area (Å²) in [6.07, 6.45) is 24.1. The van der Waals surface area contributed by atoms with Crippen molar-refractivity contribution in [2.45, 2.75) is 40.0 Å². The fourth-order valence-electron chi connectivity index (χ4n) is 4.26. The lowest BCUT2D eigenvalue weighted by Gasteiger charge is -2.35. The third kappa shape index (κ3) is 5.01. The predicted molar refractivity (Wildman–Crippen MR) is 134 cm³/mol. The van der Waals surface area contributed by atoms with Crippen molar-refractivity contribution < 1.29 is 13.2 Å². The second-order valence-electron chi connectivity index (χ2n) is 9.45. The first-order valence-electron chi connectivity index (χ1n) is 11.3. The van der Waals surface area contributed by atoms with E-state index in [-0.39, 0.29) is 5.41 Å². The van der Waals surface area contributed by atoms with Crippen LogP contribution in [0.2, 0.25) is 0 Å². The summed E-state index contributed by atoms with van der Waals surface area (Å²) in [5.74, 6) is 1.23. The van der Waals surface area contributed by atoms with Gasteiger partial charge in [-0.25, -0.2) is 8.42 Å². The highest BCUT2D eigenvalue weighted by Gasteiger charge is 2.30. The molecule has 2 aliphatic heterocycles. The minimum atomic E-state index is -3.66. The summed E-state index contributed by atoms with van der Waals surface area (Å²) in [6.45, 7) is 7.00. The Morgan fingerprint density at radius 2 is 1.82 bits per heavy atom. The molecule has 2 heterocycles. The summed E-state index contributed by atoms with van der Waals surface area (Å²) in [5.41, 5.74) is 4.40. The van der Waals surface area contributed by atoms with E-state index in [1.54, 1.807) is 19.3 Å². The van der Waals surface area contributed by atoms with Gasteiger partial charge in [0.2, 0.25) is 0 Å². The molecule has 0 aromatic carbocycles. The molecule has 0 saturated heterocycles. The van der Waals surface area contributed by atoms with Crippen molar-refractivity contribution in [1.29, 1.82) is 0 Å². The van der Waals surface area contributed by atoms with Gasteiger partial charge in [0.15, 0.2) is 0 Å². The zero-order valence-corrected chi connectivity index (χ0v) is 20.6. The third-order valence-corrected chi connectivity index (χ3v) is 7.73. The second kappa shape index (κ2) is 9.10. The van der Waals surface area contributed by atoms with E-state index in [9.17, 15) is 8.42 Å². The van der Waals surface area contributed by atoms with E-state index in [4.69, 9.17) is 4.74 Å². The van der Waals surface area contributed by atoms with Crippen LogP contribution in [0.1, 0.15) is 40.0 Å². The van der Waals surface area contributed by atoms with Crippen LogP contribution in [0.3, 0.4) is 0 Å². The predicted octanol–water partition coefficient (Wildman–Crippen LogP) is 5.51. The van der Waals surface area contributed by atoms with Crippen LogP contribution in [0, 0.1) is 5.41 Å². The van der Waals surface area contributed by atoms with Crippen LogP contribution in [0.5, 0.6) is 0 Å². The van der Waals surface area contributed by atoms with Gasteiger partial charge in [0, 0.05) is 6.54 Å². The lowest BCUT2D eigenvalue weighted by Crippen LogP contribution is -2.38. The molecule has 0 spiro atoms. The Labute approximate surface area is 197 Å². The molecule has 0 amide bonds. The van der Waals surface area contributed by atoms with Crippen molar-refractivity contribution in [2.24, 2.45) is 5.41 Å². The molecule has 0 radical (unpaired) electrons. The number of rotatable bonds is 5. The molecule has 0 aromatic rings. The number of ether oxygens (including phenoxy) is 1. The van der Waals surface area contributed by atoms with E-state index in [1.165, 1.54) is 5.57 Å². The standard InChI is InChI=1S/C27H32N2O3S/c1-27(2,3)22-11-13-23(14-12-22)33(30,31)28-26-16-15-25(32-4)24-19-21(17-18-29(24)26)20-9-7-5-6-8-10-20/h5-7,9-11,13,15-17,19,28H,8,12,14,18H2,1-4H3. The first-order chi connectivity index (χ1) is 15.7. The van der Waals surface area contributed by atoms with Crippen molar-refractivity contribution in [3.63, 3.8) is 0 Å². The Morgan fingerprint density at radius 3 is 2.52 bits per heavy atom. The minimum absolute atomic E-state index is 0.0437. The van der Waals surface area contributed by atoms with Crippen LogP contribution in [0.15, 0.2) is 106 Å². The van der Waals surface area contributed by atoms with Crippen LogP contribution in [-0.4, -0.2) is 27.0 Å². The zero-order valence-electron chi connectivity index (χ0n) is 19.8. The van der Waals surface area contributed by atoms with Crippen molar-refractivity contribution in [1.82, 2.24) is 9.62 Å². The number of nitrogens with zero attached hydrogens (tertiary/aromatic N) is 1. The number of methoxy groups -OCH3 is 1. The molecule has 0 unspecified atom stereocenters. The van der Waals surface area contributed by atoms with Gasteiger partial charge in [-0.05, 0) is 60.1 Å². The van der Waals surface area contributed by atoms with E-state index in [0.717, 1.165) is 29.7 Å². The lowest BCUT2D eigenvalue weighted by molar-refractivity contribution is 0.269. The Hall–Kier alpha value is -2.99. The van der Waals surface area contributed by atoms with Crippen LogP contribution >= 0.6 is 0 Å². The summed E-state index contributed by atoms with van der Waals surface area (Å²) >= 11 is 0. The number of hydrogen-bond acceptors (Lipinski definition) is 4. The van der Waals surface area contributed by atoms with E-state index in [0.29, 0.717) is 29.5 Å². The molecule has 5 nitrogen and oxygen atoms in total. The maximum atomic E-state index is 13.2. The average Bonchev–Trinajstić information content (AvgIpc) is 3.08. The SMILES string of the molecule is COC1=CC=C(NS(=O)(=O)C2=CC=C(C(C)(C)C)CC2)N2CC=C(C3=CCC=CC=C3)C=C12. The molecule has 1 N–H and O–H groups in total. The van der Waals surface area contributed by atoms with Gasteiger partial charge in [-0.15, -0.1) is 0 Å². The summed E-state index contributed by atoms with van der Waals surface area (Å²) in [5, 5.41) is 0. The van der Waals surface area contributed by atoms with E-state index in [1.807, 2.05) is 29.2 Å². The minimum Gasteiger partial charge on any atom is -0.495 e. The Morgan fingerprint density at radius 1 is 1.00 bits per heavy atom. The van der Waals surface area contributed by atoms with Gasteiger partial charge >= 0.3 is 0 Å². The second-order valence-corrected chi connectivity index (χ2v) is 11.2. The molecule has 4 aliphatic rings. The lowest BCUT2D eigenvalue weighted by atomic mass is 9.82. The van der Waals surface area contributed by atoms with Crippen LogP contribution in [0.4, 0.5) is 0 Å². The first kappa shape index (κ1) is 23.2. The zero-order chi connectivity index (χ0) is 23.6. The largest absolute Gasteiger partial charge is 0.495 e. The molecule has 6 heteroatoms. The van der Waals surface area contributed by atoms with Gasteiger partial charge in [-0.2, -0.15) is 0 Å². The highest BCUT2D eigenvalue weighted by atomic mass is 32.2. The number of sulfonamides is 1. The van der Waals surface area contributed by atoms with E-state index >= 15 is 0 Å². The Balaban J connectivity index is 1.58. The Bertz CT molecular complexity index is 1210. The molecule has 0 atom stereocenters. The maximum Gasteiger partial charge on any atom is 0.259 e. The fourth-order valence-corrected chi connectivity index (χ4v) is 5.46. The van der Waals surface area contributed by atoms with E-state index < -0.39 is 10.0 Å². The monoisotopic (exact) mass is 464 g/mol. The number of hydrogen-bond donors (Lipinski definition) is 1. The molecule has 174 valence electrons. The maximum absolute atomic E-state index is 13.2. The summed E-state index contributed by atoms with van der Waals surface area (Å²) < 4.78 is 34.8.